The fourth-order valence-corrected chi connectivity index (χ4v) is 2.13. The highest BCUT2D eigenvalue weighted by Gasteiger charge is 2.44. The van der Waals surface area contributed by atoms with Gasteiger partial charge in [-0.3, -0.25) is 4.79 Å². The Bertz CT molecular complexity index is 529. The number of carboxylic acid groups (broad SMARTS) is 1. The maximum absolute atomic E-state index is 10.8. The van der Waals surface area contributed by atoms with E-state index in [-0.39, 0.29) is 11.8 Å². The predicted octanol–water partition coefficient (Wildman–Crippen LogP) is 2.36. The van der Waals surface area contributed by atoms with E-state index in [0.29, 0.717) is 0 Å². The number of aromatic amines is 1. The van der Waals surface area contributed by atoms with Crippen LogP contribution in [-0.4, -0.2) is 16.1 Å². The summed E-state index contributed by atoms with van der Waals surface area (Å²) in [4.78, 5) is 13.9. The molecule has 0 radical (unpaired) electrons. The first-order valence-electron chi connectivity index (χ1n) is 5.05. The molecule has 1 fully saturated rings. The zero-order chi connectivity index (χ0) is 10.4. The number of benzene rings is 1. The first-order chi connectivity index (χ1) is 7.25. The average Bonchev–Trinajstić information content (AvgIpc) is 2.89. The Morgan fingerprint density at radius 2 is 2.27 bits per heavy atom. The Morgan fingerprint density at radius 3 is 3.00 bits per heavy atom. The van der Waals surface area contributed by atoms with E-state index in [1.54, 1.807) is 0 Å². The van der Waals surface area contributed by atoms with Crippen LogP contribution in [0.25, 0.3) is 10.9 Å². The van der Waals surface area contributed by atoms with Crippen LogP contribution in [0.4, 0.5) is 0 Å². The lowest BCUT2D eigenvalue weighted by molar-refractivity contribution is -0.138. The molecule has 3 heteroatoms. The van der Waals surface area contributed by atoms with E-state index in [0.717, 1.165) is 17.5 Å². The summed E-state index contributed by atoms with van der Waals surface area (Å²) in [6, 6.07) is 8.14. The number of fused-ring (bicyclic) bond motifs is 1. The second kappa shape index (κ2) is 2.86. The Balaban J connectivity index is 1.96. The van der Waals surface area contributed by atoms with Crippen LogP contribution in [0.5, 0.6) is 0 Å². The summed E-state index contributed by atoms with van der Waals surface area (Å²) in [5.41, 5.74) is 2.22. The van der Waals surface area contributed by atoms with Gasteiger partial charge in [0.05, 0.1) is 5.92 Å². The van der Waals surface area contributed by atoms with Crippen molar-refractivity contribution in [3.8, 4) is 0 Å². The highest BCUT2D eigenvalue weighted by Crippen LogP contribution is 2.47. The number of carboxylic acids is 1. The molecule has 0 amide bonds. The van der Waals surface area contributed by atoms with E-state index >= 15 is 0 Å². The van der Waals surface area contributed by atoms with Gasteiger partial charge in [0.1, 0.15) is 0 Å². The van der Waals surface area contributed by atoms with Crippen LogP contribution in [0.2, 0.25) is 0 Å². The largest absolute Gasteiger partial charge is 0.481 e. The molecule has 1 saturated carbocycles. The van der Waals surface area contributed by atoms with E-state index in [1.165, 1.54) is 5.39 Å². The van der Waals surface area contributed by atoms with Crippen LogP contribution in [0.3, 0.4) is 0 Å². The average molecular weight is 201 g/mol. The van der Waals surface area contributed by atoms with Gasteiger partial charge >= 0.3 is 5.97 Å². The Morgan fingerprint density at radius 1 is 1.40 bits per heavy atom. The number of aromatic nitrogens is 1. The zero-order valence-corrected chi connectivity index (χ0v) is 8.10. The molecule has 1 aromatic carbocycles. The maximum Gasteiger partial charge on any atom is 0.307 e. The summed E-state index contributed by atoms with van der Waals surface area (Å²) in [6.45, 7) is 0. The second-order valence-corrected chi connectivity index (χ2v) is 4.11. The highest BCUT2D eigenvalue weighted by atomic mass is 16.4. The topological polar surface area (TPSA) is 53.1 Å². The van der Waals surface area contributed by atoms with Gasteiger partial charge in [-0.25, -0.2) is 0 Å². The second-order valence-electron chi connectivity index (χ2n) is 4.11. The molecule has 0 saturated heterocycles. The van der Waals surface area contributed by atoms with Gasteiger partial charge < -0.3 is 10.1 Å². The molecule has 2 atom stereocenters. The molecule has 2 unspecified atom stereocenters. The third kappa shape index (κ3) is 1.31. The van der Waals surface area contributed by atoms with Gasteiger partial charge in [-0.05, 0) is 35.4 Å². The molecule has 15 heavy (non-hydrogen) atoms. The van der Waals surface area contributed by atoms with Crippen molar-refractivity contribution < 1.29 is 9.90 Å². The van der Waals surface area contributed by atoms with Gasteiger partial charge in [0.15, 0.2) is 0 Å². The summed E-state index contributed by atoms with van der Waals surface area (Å²) in [5.74, 6) is -0.626. The van der Waals surface area contributed by atoms with Crippen molar-refractivity contribution in [3.63, 3.8) is 0 Å². The number of rotatable bonds is 2. The molecule has 2 N–H and O–H groups in total. The monoisotopic (exact) mass is 201 g/mol. The van der Waals surface area contributed by atoms with Gasteiger partial charge in [0, 0.05) is 11.7 Å². The molecule has 0 aliphatic heterocycles. The zero-order valence-electron chi connectivity index (χ0n) is 8.10. The number of carbonyl (C=O) groups is 1. The summed E-state index contributed by atoms with van der Waals surface area (Å²) in [6.07, 6.45) is 2.68. The molecule has 3 rings (SSSR count). The summed E-state index contributed by atoms with van der Waals surface area (Å²) in [5, 5.41) is 10.0. The number of aliphatic carboxylic acids is 1. The molecule has 3 nitrogen and oxygen atoms in total. The first kappa shape index (κ1) is 8.53. The Labute approximate surface area is 86.7 Å². The van der Waals surface area contributed by atoms with Crippen molar-refractivity contribution in [3.05, 3.63) is 36.0 Å². The van der Waals surface area contributed by atoms with E-state index in [4.69, 9.17) is 5.11 Å². The lowest BCUT2D eigenvalue weighted by Gasteiger charge is -1.98. The molecule has 1 heterocycles. The van der Waals surface area contributed by atoms with E-state index in [9.17, 15) is 4.79 Å². The van der Waals surface area contributed by atoms with Crippen LogP contribution in [0.1, 0.15) is 17.9 Å². The number of hydrogen-bond acceptors (Lipinski definition) is 1. The van der Waals surface area contributed by atoms with Crippen LogP contribution >= 0.6 is 0 Å². The lowest BCUT2D eigenvalue weighted by atomic mass is 10.1. The highest BCUT2D eigenvalue weighted by molar-refractivity contribution is 5.81. The van der Waals surface area contributed by atoms with E-state index in [2.05, 4.69) is 11.1 Å². The number of hydrogen-bond donors (Lipinski definition) is 2. The molecule has 1 aromatic heterocycles. The lowest BCUT2D eigenvalue weighted by Crippen LogP contribution is -1.98. The van der Waals surface area contributed by atoms with Gasteiger partial charge in [-0.15, -0.1) is 0 Å². The van der Waals surface area contributed by atoms with Crippen LogP contribution < -0.4 is 0 Å². The minimum Gasteiger partial charge on any atom is -0.481 e. The first-order valence-corrected chi connectivity index (χ1v) is 5.05. The number of H-pyrrole nitrogens is 1. The van der Waals surface area contributed by atoms with Gasteiger partial charge in [0.25, 0.3) is 0 Å². The van der Waals surface area contributed by atoms with Crippen molar-refractivity contribution >= 4 is 16.9 Å². The van der Waals surface area contributed by atoms with E-state index in [1.807, 2.05) is 24.4 Å². The SMILES string of the molecule is O=C(O)C1CC1c1ccc2cc[nH]c2c1. The maximum atomic E-state index is 10.8. The van der Waals surface area contributed by atoms with Gasteiger partial charge in [-0.2, -0.15) is 0 Å². The molecular formula is C12H11NO2. The van der Waals surface area contributed by atoms with Crippen molar-refractivity contribution in [2.75, 3.05) is 0 Å². The molecule has 0 bridgehead atoms. The molecule has 1 aliphatic carbocycles. The smallest absolute Gasteiger partial charge is 0.307 e. The Hall–Kier alpha value is -1.77. The van der Waals surface area contributed by atoms with Crippen molar-refractivity contribution in [2.45, 2.75) is 12.3 Å². The van der Waals surface area contributed by atoms with Crippen molar-refractivity contribution in [1.82, 2.24) is 4.98 Å². The molecular weight excluding hydrogens is 190 g/mol. The molecule has 2 aromatic rings. The fourth-order valence-electron chi connectivity index (χ4n) is 2.13. The minimum absolute atomic E-state index is 0.169. The van der Waals surface area contributed by atoms with Crippen LogP contribution in [-0.2, 0) is 4.79 Å². The third-order valence-electron chi connectivity index (χ3n) is 3.11. The fraction of sp³-hybridized carbons (Fsp3) is 0.250. The van der Waals surface area contributed by atoms with E-state index < -0.39 is 5.97 Å². The minimum atomic E-state index is -0.674. The quantitative estimate of drug-likeness (QED) is 0.783. The van der Waals surface area contributed by atoms with Crippen molar-refractivity contribution in [1.29, 1.82) is 0 Å². The molecule has 76 valence electrons. The summed E-state index contributed by atoms with van der Waals surface area (Å²) >= 11 is 0. The van der Waals surface area contributed by atoms with Crippen LogP contribution in [0.15, 0.2) is 30.5 Å². The molecule has 1 aliphatic rings. The predicted molar refractivity (Wildman–Crippen MR) is 56.8 cm³/mol. The molecule has 0 spiro atoms. The summed E-state index contributed by atoms with van der Waals surface area (Å²) in [7, 11) is 0. The standard InChI is InChI=1S/C12H11NO2/c14-12(15)10-6-9(10)8-2-1-7-3-4-13-11(7)5-8/h1-5,9-10,13H,6H2,(H,14,15). The van der Waals surface area contributed by atoms with Gasteiger partial charge in [-0.1, -0.05) is 12.1 Å². The summed E-state index contributed by atoms with van der Waals surface area (Å²) < 4.78 is 0. The van der Waals surface area contributed by atoms with Crippen LogP contribution in [0, 0.1) is 5.92 Å². The number of nitrogens with one attached hydrogen (secondary N) is 1. The normalized spacial score (nSPS) is 24.3. The third-order valence-corrected chi connectivity index (χ3v) is 3.11. The van der Waals surface area contributed by atoms with Crippen molar-refractivity contribution in [2.24, 2.45) is 5.92 Å². The van der Waals surface area contributed by atoms with Gasteiger partial charge in [0.2, 0.25) is 0 Å². The Kier molecular flexibility index (Phi) is 1.63.